The first-order valence-electron chi connectivity index (χ1n) is 4.83. The molecular weight excluding hydrogens is 194 g/mol. The highest BCUT2D eigenvalue weighted by Crippen LogP contribution is 2.20. The molecule has 0 spiro atoms. The van der Waals surface area contributed by atoms with Crippen molar-refractivity contribution in [2.75, 3.05) is 5.32 Å². The van der Waals surface area contributed by atoms with E-state index in [2.05, 4.69) is 5.32 Å². The molecule has 0 saturated carbocycles. The Morgan fingerprint density at radius 2 is 2.20 bits per heavy atom. The molecule has 1 unspecified atom stereocenters. The highest BCUT2D eigenvalue weighted by atomic mass is 16.4. The third-order valence-electron chi connectivity index (χ3n) is 2.24. The van der Waals surface area contributed by atoms with E-state index in [0.29, 0.717) is 12.1 Å². The largest absolute Gasteiger partial charge is 0.508 e. The van der Waals surface area contributed by atoms with Crippen molar-refractivity contribution in [3.8, 4) is 5.75 Å². The third kappa shape index (κ3) is 2.87. The van der Waals surface area contributed by atoms with Crippen LogP contribution in [0.15, 0.2) is 18.2 Å². The standard InChI is InChI=1S/C11H15NO3/c1-3-9(11(14)15)12-8-4-5-10(13)7(2)6-8/h4-6,9,12-13H,3H2,1-2H3,(H,14,15). The van der Waals surface area contributed by atoms with Gasteiger partial charge in [0.25, 0.3) is 0 Å². The van der Waals surface area contributed by atoms with E-state index in [4.69, 9.17) is 5.11 Å². The van der Waals surface area contributed by atoms with Crippen molar-refractivity contribution in [3.63, 3.8) is 0 Å². The number of carbonyl (C=O) groups is 1. The minimum absolute atomic E-state index is 0.212. The summed E-state index contributed by atoms with van der Waals surface area (Å²) in [6.07, 6.45) is 0.509. The van der Waals surface area contributed by atoms with Gasteiger partial charge >= 0.3 is 5.97 Å². The molecule has 0 saturated heterocycles. The Labute approximate surface area is 88.6 Å². The molecule has 0 aliphatic carbocycles. The van der Waals surface area contributed by atoms with E-state index in [1.165, 1.54) is 0 Å². The lowest BCUT2D eigenvalue weighted by molar-refractivity contribution is -0.137. The van der Waals surface area contributed by atoms with Crippen LogP contribution in [-0.2, 0) is 4.79 Å². The monoisotopic (exact) mass is 209 g/mol. The number of carboxylic acid groups (broad SMARTS) is 1. The zero-order chi connectivity index (χ0) is 11.4. The van der Waals surface area contributed by atoms with E-state index in [1.54, 1.807) is 32.0 Å². The van der Waals surface area contributed by atoms with E-state index in [9.17, 15) is 9.90 Å². The molecule has 1 aromatic rings. The molecule has 4 heteroatoms. The van der Waals surface area contributed by atoms with Gasteiger partial charge in [-0.05, 0) is 37.1 Å². The Kier molecular flexibility index (Phi) is 3.55. The number of hydrogen-bond acceptors (Lipinski definition) is 3. The van der Waals surface area contributed by atoms with Crippen LogP contribution in [0.3, 0.4) is 0 Å². The van der Waals surface area contributed by atoms with Crippen molar-refractivity contribution >= 4 is 11.7 Å². The van der Waals surface area contributed by atoms with Crippen molar-refractivity contribution < 1.29 is 15.0 Å². The number of phenolic OH excluding ortho intramolecular Hbond substituents is 1. The second-order valence-corrected chi connectivity index (χ2v) is 3.44. The summed E-state index contributed by atoms with van der Waals surface area (Å²) in [6.45, 7) is 3.57. The van der Waals surface area contributed by atoms with Crippen LogP contribution in [0.2, 0.25) is 0 Å². The van der Waals surface area contributed by atoms with Crippen molar-refractivity contribution in [2.24, 2.45) is 0 Å². The maximum absolute atomic E-state index is 10.8. The quantitative estimate of drug-likeness (QED) is 0.663. The van der Waals surface area contributed by atoms with Crippen LogP contribution in [0.4, 0.5) is 5.69 Å². The van der Waals surface area contributed by atoms with E-state index < -0.39 is 12.0 Å². The Balaban J connectivity index is 2.80. The van der Waals surface area contributed by atoms with E-state index in [1.807, 2.05) is 0 Å². The van der Waals surface area contributed by atoms with Crippen molar-refractivity contribution in [3.05, 3.63) is 23.8 Å². The van der Waals surface area contributed by atoms with Crippen molar-refractivity contribution in [1.29, 1.82) is 0 Å². The summed E-state index contributed by atoms with van der Waals surface area (Å²) in [5, 5.41) is 21.0. The second-order valence-electron chi connectivity index (χ2n) is 3.44. The summed E-state index contributed by atoms with van der Waals surface area (Å²) in [5.74, 6) is -0.660. The molecule has 0 amide bonds. The lowest BCUT2D eigenvalue weighted by Crippen LogP contribution is -2.28. The van der Waals surface area contributed by atoms with Crippen LogP contribution in [0.5, 0.6) is 5.75 Å². The topological polar surface area (TPSA) is 69.6 Å². The Bertz CT molecular complexity index is 363. The number of nitrogens with one attached hydrogen (secondary N) is 1. The lowest BCUT2D eigenvalue weighted by Gasteiger charge is -2.14. The summed E-state index contributed by atoms with van der Waals surface area (Å²) in [7, 11) is 0. The third-order valence-corrected chi connectivity index (χ3v) is 2.24. The SMILES string of the molecule is CCC(Nc1ccc(O)c(C)c1)C(=O)O. The Morgan fingerprint density at radius 3 is 2.67 bits per heavy atom. The van der Waals surface area contributed by atoms with Gasteiger partial charge < -0.3 is 15.5 Å². The van der Waals surface area contributed by atoms with Gasteiger partial charge in [0.2, 0.25) is 0 Å². The smallest absolute Gasteiger partial charge is 0.326 e. The van der Waals surface area contributed by atoms with Gasteiger partial charge in [-0.15, -0.1) is 0 Å². The van der Waals surface area contributed by atoms with Crippen LogP contribution < -0.4 is 5.32 Å². The zero-order valence-corrected chi connectivity index (χ0v) is 8.82. The maximum Gasteiger partial charge on any atom is 0.326 e. The number of phenols is 1. The van der Waals surface area contributed by atoms with Crippen LogP contribution in [-0.4, -0.2) is 22.2 Å². The minimum Gasteiger partial charge on any atom is -0.508 e. The van der Waals surface area contributed by atoms with Crippen LogP contribution in [0.25, 0.3) is 0 Å². The van der Waals surface area contributed by atoms with Gasteiger partial charge in [-0.25, -0.2) is 4.79 Å². The molecule has 0 heterocycles. The summed E-state index contributed by atoms with van der Waals surface area (Å²) in [5.41, 5.74) is 1.43. The number of carboxylic acids is 1. The average molecular weight is 209 g/mol. The number of benzene rings is 1. The summed E-state index contributed by atoms with van der Waals surface area (Å²) in [6, 6.07) is 4.34. The number of aromatic hydroxyl groups is 1. The van der Waals surface area contributed by atoms with E-state index in [-0.39, 0.29) is 5.75 Å². The second kappa shape index (κ2) is 4.68. The Morgan fingerprint density at radius 1 is 1.53 bits per heavy atom. The molecule has 0 aliphatic heterocycles. The first-order chi connectivity index (χ1) is 7.04. The Hall–Kier alpha value is -1.71. The summed E-state index contributed by atoms with van der Waals surface area (Å²) >= 11 is 0. The summed E-state index contributed by atoms with van der Waals surface area (Å²) in [4.78, 5) is 10.8. The van der Waals surface area contributed by atoms with Gasteiger partial charge in [-0.1, -0.05) is 6.92 Å². The fraction of sp³-hybridized carbons (Fsp3) is 0.364. The maximum atomic E-state index is 10.8. The van der Waals surface area contributed by atoms with E-state index in [0.717, 1.165) is 5.56 Å². The number of hydrogen-bond donors (Lipinski definition) is 3. The molecule has 0 bridgehead atoms. The lowest BCUT2D eigenvalue weighted by atomic mass is 10.1. The van der Waals surface area contributed by atoms with Gasteiger partial charge in [-0.2, -0.15) is 0 Å². The normalized spacial score (nSPS) is 12.1. The summed E-state index contributed by atoms with van der Waals surface area (Å²) < 4.78 is 0. The van der Waals surface area contributed by atoms with Crippen LogP contribution in [0.1, 0.15) is 18.9 Å². The fourth-order valence-corrected chi connectivity index (χ4v) is 1.28. The van der Waals surface area contributed by atoms with Gasteiger partial charge in [0.1, 0.15) is 11.8 Å². The molecule has 0 aromatic heterocycles. The fourth-order valence-electron chi connectivity index (χ4n) is 1.28. The number of rotatable bonds is 4. The molecule has 1 atom stereocenters. The van der Waals surface area contributed by atoms with E-state index >= 15 is 0 Å². The van der Waals surface area contributed by atoms with Crippen molar-refractivity contribution in [1.82, 2.24) is 0 Å². The molecule has 0 fully saturated rings. The van der Waals surface area contributed by atoms with Crippen LogP contribution in [0, 0.1) is 6.92 Å². The predicted octanol–water partition coefficient (Wildman–Crippen LogP) is 1.98. The average Bonchev–Trinajstić information content (AvgIpc) is 2.19. The molecule has 0 aliphatic rings. The van der Waals surface area contributed by atoms with Crippen molar-refractivity contribution in [2.45, 2.75) is 26.3 Å². The molecule has 82 valence electrons. The minimum atomic E-state index is -0.872. The molecule has 4 nitrogen and oxygen atoms in total. The molecular formula is C11H15NO3. The van der Waals surface area contributed by atoms with Gasteiger partial charge in [0.15, 0.2) is 0 Å². The zero-order valence-electron chi connectivity index (χ0n) is 8.82. The first kappa shape index (κ1) is 11.4. The van der Waals surface area contributed by atoms with Gasteiger partial charge in [0.05, 0.1) is 0 Å². The first-order valence-corrected chi connectivity index (χ1v) is 4.83. The number of aryl methyl sites for hydroxylation is 1. The molecule has 1 rings (SSSR count). The molecule has 3 N–H and O–H groups in total. The number of anilines is 1. The highest BCUT2D eigenvalue weighted by Gasteiger charge is 2.14. The van der Waals surface area contributed by atoms with Gasteiger partial charge in [0, 0.05) is 5.69 Å². The highest BCUT2D eigenvalue weighted by molar-refractivity contribution is 5.77. The molecule has 1 aromatic carbocycles. The molecule has 0 radical (unpaired) electrons. The van der Waals surface area contributed by atoms with Crippen LogP contribution >= 0.6 is 0 Å². The molecule has 15 heavy (non-hydrogen) atoms. The van der Waals surface area contributed by atoms with Gasteiger partial charge in [-0.3, -0.25) is 0 Å². The number of aliphatic carboxylic acids is 1. The predicted molar refractivity (Wildman–Crippen MR) is 58.2 cm³/mol.